The van der Waals surface area contributed by atoms with Crippen LogP contribution in [-0.4, -0.2) is 16.9 Å². The van der Waals surface area contributed by atoms with Gasteiger partial charge in [-0.15, -0.1) is 0 Å². The number of aromatic nitrogens is 2. The Hall–Kier alpha value is -1.71. The van der Waals surface area contributed by atoms with E-state index in [0.29, 0.717) is 11.4 Å². The summed E-state index contributed by atoms with van der Waals surface area (Å²) in [4.78, 5) is 0. The summed E-state index contributed by atoms with van der Waals surface area (Å²) in [5, 5.41) is 5.19. The maximum atomic E-state index is 5.74. The normalized spacial score (nSPS) is 10.6. The Morgan fingerprint density at radius 1 is 1.46 bits per heavy atom. The second kappa shape index (κ2) is 2.65. The average molecular weight is 177 g/mol. The van der Waals surface area contributed by atoms with Crippen LogP contribution in [0.4, 0.5) is 5.69 Å². The largest absolute Gasteiger partial charge is 0.494 e. The fraction of sp³-hybridized carbons (Fsp3) is 0.222. The molecule has 13 heavy (non-hydrogen) atoms. The van der Waals surface area contributed by atoms with Crippen LogP contribution >= 0.6 is 0 Å². The Kier molecular flexibility index (Phi) is 1.62. The van der Waals surface area contributed by atoms with Crippen LogP contribution in [0.15, 0.2) is 18.3 Å². The van der Waals surface area contributed by atoms with Crippen LogP contribution in [0.3, 0.4) is 0 Å². The molecule has 0 saturated heterocycles. The Morgan fingerprint density at radius 2 is 2.23 bits per heavy atom. The molecule has 0 radical (unpaired) electrons. The van der Waals surface area contributed by atoms with Gasteiger partial charge in [-0.05, 0) is 12.1 Å². The van der Waals surface area contributed by atoms with Crippen LogP contribution in [0.1, 0.15) is 0 Å². The van der Waals surface area contributed by atoms with Crippen molar-refractivity contribution >= 4 is 16.6 Å². The van der Waals surface area contributed by atoms with Crippen molar-refractivity contribution in [3.63, 3.8) is 0 Å². The number of nitrogen functional groups attached to an aromatic ring is 1. The third-order valence-electron chi connectivity index (χ3n) is 1.99. The average Bonchev–Trinajstić information content (AvgIpc) is 2.45. The zero-order valence-electron chi connectivity index (χ0n) is 7.61. The van der Waals surface area contributed by atoms with Gasteiger partial charge in [-0.2, -0.15) is 5.10 Å². The number of hydrogen-bond donors (Lipinski definition) is 1. The van der Waals surface area contributed by atoms with E-state index in [-0.39, 0.29) is 0 Å². The number of ether oxygens (including phenoxy) is 1. The number of rotatable bonds is 1. The highest BCUT2D eigenvalue weighted by Gasteiger charge is 2.07. The smallest absolute Gasteiger partial charge is 0.152 e. The molecular formula is C9H11N3O. The number of hydrogen-bond acceptors (Lipinski definition) is 3. The van der Waals surface area contributed by atoms with Gasteiger partial charge >= 0.3 is 0 Å². The highest BCUT2D eigenvalue weighted by Crippen LogP contribution is 2.30. The van der Waals surface area contributed by atoms with Crippen molar-refractivity contribution in [2.24, 2.45) is 7.05 Å². The summed E-state index contributed by atoms with van der Waals surface area (Å²) < 4.78 is 6.94. The van der Waals surface area contributed by atoms with E-state index in [1.807, 2.05) is 19.3 Å². The van der Waals surface area contributed by atoms with E-state index in [1.54, 1.807) is 17.9 Å². The summed E-state index contributed by atoms with van der Waals surface area (Å²) in [7, 11) is 3.48. The van der Waals surface area contributed by atoms with Gasteiger partial charge in [0.25, 0.3) is 0 Å². The predicted molar refractivity (Wildman–Crippen MR) is 51.7 cm³/mol. The molecule has 0 aliphatic carbocycles. The third-order valence-corrected chi connectivity index (χ3v) is 1.99. The lowest BCUT2D eigenvalue weighted by Gasteiger charge is -2.03. The van der Waals surface area contributed by atoms with Crippen molar-refractivity contribution in [1.29, 1.82) is 0 Å². The minimum Gasteiger partial charge on any atom is -0.494 e. The molecule has 2 rings (SSSR count). The first-order valence-corrected chi connectivity index (χ1v) is 3.98. The van der Waals surface area contributed by atoms with E-state index >= 15 is 0 Å². The van der Waals surface area contributed by atoms with Crippen LogP contribution < -0.4 is 10.5 Å². The molecule has 0 spiro atoms. The van der Waals surface area contributed by atoms with Gasteiger partial charge in [0, 0.05) is 13.2 Å². The molecule has 68 valence electrons. The number of methoxy groups -OCH3 is 1. The van der Waals surface area contributed by atoms with Crippen molar-refractivity contribution < 1.29 is 4.74 Å². The van der Waals surface area contributed by atoms with Crippen molar-refractivity contribution in [2.75, 3.05) is 12.8 Å². The van der Waals surface area contributed by atoms with Crippen molar-refractivity contribution in [3.05, 3.63) is 18.3 Å². The quantitative estimate of drug-likeness (QED) is 0.665. The molecule has 2 aromatic rings. The zero-order valence-corrected chi connectivity index (χ0v) is 7.61. The summed E-state index contributed by atoms with van der Waals surface area (Å²) in [6.45, 7) is 0. The van der Waals surface area contributed by atoms with Crippen LogP contribution in [0.25, 0.3) is 10.9 Å². The molecule has 0 aliphatic heterocycles. The van der Waals surface area contributed by atoms with Crippen molar-refractivity contribution in [2.45, 2.75) is 0 Å². The molecule has 0 fully saturated rings. The lowest BCUT2D eigenvalue weighted by Crippen LogP contribution is -1.91. The first-order chi connectivity index (χ1) is 6.22. The molecule has 2 N–H and O–H groups in total. The van der Waals surface area contributed by atoms with Gasteiger partial charge < -0.3 is 10.5 Å². The van der Waals surface area contributed by atoms with Crippen LogP contribution in [0, 0.1) is 0 Å². The van der Waals surface area contributed by atoms with E-state index in [2.05, 4.69) is 5.10 Å². The molecule has 0 atom stereocenters. The predicted octanol–water partition coefficient (Wildman–Crippen LogP) is 1.16. The van der Waals surface area contributed by atoms with Gasteiger partial charge in [-0.25, -0.2) is 0 Å². The summed E-state index contributed by atoms with van der Waals surface area (Å²) in [6.07, 6.45) is 1.89. The maximum absolute atomic E-state index is 5.74. The van der Waals surface area contributed by atoms with Gasteiger partial charge in [0.15, 0.2) is 5.75 Å². The minimum atomic E-state index is 0.642. The molecule has 1 heterocycles. The van der Waals surface area contributed by atoms with E-state index in [0.717, 1.165) is 10.9 Å². The highest BCUT2D eigenvalue weighted by molar-refractivity contribution is 5.90. The highest BCUT2D eigenvalue weighted by atomic mass is 16.5. The molecular weight excluding hydrogens is 166 g/mol. The molecule has 1 aromatic heterocycles. The minimum absolute atomic E-state index is 0.642. The lowest BCUT2D eigenvalue weighted by atomic mass is 10.2. The Balaban J connectivity index is 2.82. The molecule has 0 unspecified atom stereocenters. The third kappa shape index (κ3) is 1.11. The molecule has 1 aromatic carbocycles. The molecule has 4 heteroatoms. The van der Waals surface area contributed by atoms with Crippen LogP contribution in [0.2, 0.25) is 0 Å². The monoisotopic (exact) mass is 177 g/mol. The fourth-order valence-corrected chi connectivity index (χ4v) is 1.43. The van der Waals surface area contributed by atoms with Crippen molar-refractivity contribution in [3.8, 4) is 5.75 Å². The number of benzene rings is 1. The van der Waals surface area contributed by atoms with Gasteiger partial charge in [-0.3, -0.25) is 4.68 Å². The number of fused-ring (bicyclic) bond motifs is 1. The Labute approximate surface area is 75.9 Å². The van der Waals surface area contributed by atoms with Gasteiger partial charge in [0.2, 0.25) is 0 Å². The first kappa shape index (κ1) is 7.91. The molecule has 0 aliphatic rings. The van der Waals surface area contributed by atoms with Crippen molar-refractivity contribution in [1.82, 2.24) is 9.78 Å². The second-order valence-electron chi connectivity index (χ2n) is 2.92. The number of anilines is 1. The Morgan fingerprint density at radius 3 is 2.92 bits per heavy atom. The summed E-state index contributed by atoms with van der Waals surface area (Å²) in [5.74, 6) is 0.700. The number of nitrogens with two attached hydrogens (primary N) is 1. The van der Waals surface area contributed by atoms with E-state index in [9.17, 15) is 0 Å². The molecule has 0 amide bonds. The van der Waals surface area contributed by atoms with Crippen LogP contribution in [-0.2, 0) is 7.05 Å². The second-order valence-corrected chi connectivity index (χ2v) is 2.92. The standard InChI is InChI=1S/C9H11N3O/c1-12-5-6-8(11-12)4-3-7(10)9(6)13-2/h3-5H,10H2,1-2H3. The summed E-state index contributed by atoms with van der Waals surface area (Å²) in [6, 6.07) is 3.68. The van der Waals surface area contributed by atoms with Gasteiger partial charge in [-0.1, -0.05) is 0 Å². The van der Waals surface area contributed by atoms with E-state index in [1.165, 1.54) is 0 Å². The van der Waals surface area contributed by atoms with Crippen LogP contribution in [0.5, 0.6) is 5.75 Å². The number of nitrogens with zero attached hydrogens (tertiary/aromatic N) is 2. The molecule has 0 bridgehead atoms. The number of aryl methyl sites for hydroxylation is 1. The summed E-state index contributed by atoms with van der Waals surface area (Å²) >= 11 is 0. The Bertz CT molecular complexity index is 447. The maximum Gasteiger partial charge on any atom is 0.152 e. The van der Waals surface area contributed by atoms with E-state index < -0.39 is 0 Å². The van der Waals surface area contributed by atoms with Gasteiger partial charge in [0.1, 0.15) is 0 Å². The molecule has 4 nitrogen and oxygen atoms in total. The van der Waals surface area contributed by atoms with Gasteiger partial charge in [0.05, 0.1) is 23.7 Å². The topological polar surface area (TPSA) is 53.1 Å². The lowest BCUT2D eigenvalue weighted by molar-refractivity contribution is 0.422. The fourth-order valence-electron chi connectivity index (χ4n) is 1.43. The zero-order chi connectivity index (χ0) is 9.42. The summed E-state index contributed by atoms with van der Waals surface area (Å²) in [5.41, 5.74) is 7.28. The first-order valence-electron chi connectivity index (χ1n) is 3.98. The van der Waals surface area contributed by atoms with E-state index in [4.69, 9.17) is 10.5 Å². The molecule has 0 saturated carbocycles. The SMILES string of the molecule is COc1c(N)ccc2nn(C)cc12.